The van der Waals surface area contributed by atoms with Crippen molar-refractivity contribution >= 4 is 10.0 Å². The molecule has 4 nitrogen and oxygen atoms in total. The van der Waals surface area contributed by atoms with E-state index in [9.17, 15) is 21.6 Å². The summed E-state index contributed by atoms with van der Waals surface area (Å²) in [6.07, 6.45) is 0. The fraction of sp³-hybridized carbons (Fsp3) is 0.250. The van der Waals surface area contributed by atoms with Gasteiger partial charge < -0.3 is 4.74 Å². The SMILES string of the molecule is CN(Cc1ccc(OC(F)F)cc1)S(=O)(=O)Cc1ccc(F)cc1. The van der Waals surface area contributed by atoms with Crippen molar-refractivity contribution in [2.24, 2.45) is 0 Å². The Kier molecular flexibility index (Phi) is 5.84. The van der Waals surface area contributed by atoms with Crippen molar-refractivity contribution in [3.05, 3.63) is 65.5 Å². The van der Waals surface area contributed by atoms with Gasteiger partial charge in [0.15, 0.2) is 0 Å². The predicted molar refractivity (Wildman–Crippen MR) is 83.6 cm³/mol. The molecule has 0 spiro atoms. The zero-order valence-corrected chi connectivity index (χ0v) is 13.6. The number of halogens is 3. The van der Waals surface area contributed by atoms with Gasteiger partial charge in [-0.1, -0.05) is 24.3 Å². The Hall–Kier alpha value is -2.06. The lowest BCUT2D eigenvalue weighted by Crippen LogP contribution is -2.27. The average molecular weight is 359 g/mol. The summed E-state index contributed by atoms with van der Waals surface area (Å²) < 4.78 is 67.0. The Balaban J connectivity index is 2.02. The van der Waals surface area contributed by atoms with Crippen LogP contribution in [0.15, 0.2) is 48.5 Å². The maximum absolute atomic E-state index is 12.9. The van der Waals surface area contributed by atoms with Gasteiger partial charge >= 0.3 is 6.61 Å². The second-order valence-electron chi connectivity index (χ2n) is 5.16. The van der Waals surface area contributed by atoms with Gasteiger partial charge in [-0.3, -0.25) is 0 Å². The summed E-state index contributed by atoms with van der Waals surface area (Å²) >= 11 is 0. The summed E-state index contributed by atoms with van der Waals surface area (Å²) in [6.45, 7) is -2.83. The second kappa shape index (κ2) is 7.67. The van der Waals surface area contributed by atoms with Gasteiger partial charge in [0.1, 0.15) is 11.6 Å². The molecule has 0 atom stereocenters. The van der Waals surface area contributed by atoms with Crippen LogP contribution >= 0.6 is 0 Å². The van der Waals surface area contributed by atoms with Crippen molar-refractivity contribution in [3.63, 3.8) is 0 Å². The first-order valence-electron chi connectivity index (χ1n) is 6.98. The molecule has 0 N–H and O–H groups in total. The molecule has 0 fully saturated rings. The standard InChI is InChI=1S/C16H16F3NO3S/c1-20(10-12-4-8-15(9-5-12)23-16(18)19)24(21,22)11-13-2-6-14(17)7-3-13/h2-9,16H,10-11H2,1H3. The average Bonchev–Trinajstić information content (AvgIpc) is 2.51. The van der Waals surface area contributed by atoms with Crippen LogP contribution in [-0.4, -0.2) is 26.4 Å². The molecule has 0 aliphatic rings. The molecule has 0 aliphatic heterocycles. The van der Waals surface area contributed by atoms with E-state index in [1.807, 2.05) is 0 Å². The fourth-order valence-electron chi connectivity index (χ4n) is 2.03. The lowest BCUT2D eigenvalue weighted by Gasteiger charge is -2.17. The summed E-state index contributed by atoms with van der Waals surface area (Å²) in [5.41, 5.74) is 1.10. The lowest BCUT2D eigenvalue weighted by molar-refractivity contribution is -0.0498. The number of sulfonamides is 1. The first-order valence-corrected chi connectivity index (χ1v) is 8.59. The molecule has 2 aromatic rings. The van der Waals surface area contributed by atoms with Gasteiger partial charge in [-0.25, -0.2) is 17.1 Å². The maximum atomic E-state index is 12.9. The zero-order chi connectivity index (χ0) is 17.7. The molecule has 0 saturated carbocycles. The van der Waals surface area contributed by atoms with E-state index >= 15 is 0 Å². The molecule has 2 aromatic carbocycles. The highest BCUT2D eigenvalue weighted by Gasteiger charge is 2.19. The van der Waals surface area contributed by atoms with E-state index in [4.69, 9.17) is 0 Å². The first-order chi connectivity index (χ1) is 11.3. The molecule has 0 heterocycles. The summed E-state index contributed by atoms with van der Waals surface area (Å²) in [4.78, 5) is 0. The Morgan fingerprint density at radius 3 is 2.08 bits per heavy atom. The number of ether oxygens (including phenoxy) is 1. The highest BCUT2D eigenvalue weighted by atomic mass is 32.2. The lowest BCUT2D eigenvalue weighted by atomic mass is 10.2. The molecule has 0 radical (unpaired) electrons. The van der Waals surface area contributed by atoms with Crippen LogP contribution in [0.2, 0.25) is 0 Å². The van der Waals surface area contributed by atoms with Crippen LogP contribution in [0, 0.1) is 5.82 Å². The third kappa shape index (κ3) is 5.24. The van der Waals surface area contributed by atoms with Gasteiger partial charge in [0.25, 0.3) is 0 Å². The van der Waals surface area contributed by atoms with Gasteiger partial charge in [-0.15, -0.1) is 0 Å². The van der Waals surface area contributed by atoms with E-state index in [1.54, 1.807) is 0 Å². The van der Waals surface area contributed by atoms with Crippen LogP contribution in [0.25, 0.3) is 0 Å². The number of alkyl halides is 2. The van der Waals surface area contributed by atoms with Crippen LogP contribution in [0.1, 0.15) is 11.1 Å². The van der Waals surface area contributed by atoms with Crippen LogP contribution in [-0.2, 0) is 22.3 Å². The highest BCUT2D eigenvalue weighted by molar-refractivity contribution is 7.88. The molecule has 0 amide bonds. The monoisotopic (exact) mass is 359 g/mol. The van der Waals surface area contributed by atoms with Crippen molar-refractivity contribution in [1.29, 1.82) is 0 Å². The fourth-order valence-corrected chi connectivity index (χ4v) is 3.21. The smallest absolute Gasteiger partial charge is 0.387 e. The Labute approximate surface area is 138 Å². The third-order valence-corrected chi connectivity index (χ3v) is 5.07. The van der Waals surface area contributed by atoms with Crippen LogP contribution in [0.5, 0.6) is 5.75 Å². The number of benzene rings is 2. The van der Waals surface area contributed by atoms with Crippen molar-refractivity contribution < 1.29 is 26.3 Å². The van der Waals surface area contributed by atoms with Crippen molar-refractivity contribution in [3.8, 4) is 5.75 Å². The minimum Gasteiger partial charge on any atom is -0.435 e. The van der Waals surface area contributed by atoms with E-state index < -0.39 is 22.5 Å². The zero-order valence-electron chi connectivity index (χ0n) is 12.8. The molecule has 130 valence electrons. The number of nitrogens with zero attached hydrogens (tertiary/aromatic N) is 1. The van der Waals surface area contributed by atoms with Gasteiger partial charge in [-0.2, -0.15) is 8.78 Å². The van der Waals surface area contributed by atoms with Crippen molar-refractivity contribution in [2.45, 2.75) is 18.9 Å². The number of hydrogen-bond acceptors (Lipinski definition) is 3. The summed E-state index contributed by atoms with van der Waals surface area (Å²) in [5.74, 6) is -0.683. The van der Waals surface area contributed by atoms with Gasteiger partial charge in [-0.05, 0) is 35.4 Å². The van der Waals surface area contributed by atoms with Gasteiger partial charge in [0.05, 0.1) is 5.75 Å². The summed E-state index contributed by atoms with van der Waals surface area (Å²) in [7, 11) is -2.17. The number of hydrogen-bond donors (Lipinski definition) is 0. The quantitative estimate of drug-likeness (QED) is 0.761. The van der Waals surface area contributed by atoms with E-state index in [-0.39, 0.29) is 18.0 Å². The molecule has 8 heteroatoms. The van der Waals surface area contributed by atoms with Crippen LogP contribution in [0.3, 0.4) is 0 Å². The largest absolute Gasteiger partial charge is 0.435 e. The third-order valence-electron chi connectivity index (χ3n) is 3.29. The highest BCUT2D eigenvalue weighted by Crippen LogP contribution is 2.18. The van der Waals surface area contributed by atoms with Crippen molar-refractivity contribution in [1.82, 2.24) is 4.31 Å². The molecule has 0 unspecified atom stereocenters. The minimum atomic E-state index is -3.59. The Morgan fingerprint density at radius 2 is 1.54 bits per heavy atom. The van der Waals surface area contributed by atoms with E-state index in [1.165, 1.54) is 55.6 Å². The summed E-state index contributed by atoms with van der Waals surface area (Å²) in [6, 6.07) is 11.0. The molecule has 0 bridgehead atoms. The molecular weight excluding hydrogens is 343 g/mol. The van der Waals surface area contributed by atoms with Gasteiger partial charge in [0.2, 0.25) is 10.0 Å². The van der Waals surface area contributed by atoms with Gasteiger partial charge in [0, 0.05) is 13.6 Å². The number of rotatable bonds is 7. The Bertz CT molecular complexity index is 762. The molecule has 0 saturated heterocycles. The Morgan fingerprint density at radius 1 is 1.00 bits per heavy atom. The predicted octanol–water partition coefficient (Wildman–Crippen LogP) is 3.39. The molecule has 0 aliphatic carbocycles. The molecule has 0 aromatic heterocycles. The molecule has 2 rings (SSSR count). The molecular formula is C16H16F3NO3S. The normalized spacial score (nSPS) is 11.9. The minimum absolute atomic E-state index is 0.00516. The van der Waals surface area contributed by atoms with Crippen molar-refractivity contribution in [2.75, 3.05) is 7.05 Å². The van der Waals surface area contributed by atoms with E-state index in [0.29, 0.717) is 11.1 Å². The maximum Gasteiger partial charge on any atom is 0.387 e. The molecule has 24 heavy (non-hydrogen) atoms. The summed E-state index contributed by atoms with van der Waals surface area (Å²) in [5, 5.41) is 0. The van der Waals surface area contributed by atoms with Crippen LogP contribution in [0.4, 0.5) is 13.2 Å². The van der Waals surface area contributed by atoms with E-state index in [0.717, 1.165) is 4.31 Å². The van der Waals surface area contributed by atoms with Crippen LogP contribution < -0.4 is 4.74 Å². The first kappa shape index (κ1) is 18.3. The topological polar surface area (TPSA) is 46.6 Å². The van der Waals surface area contributed by atoms with E-state index in [2.05, 4.69) is 4.74 Å². The second-order valence-corrected chi connectivity index (χ2v) is 7.24.